The van der Waals surface area contributed by atoms with Crippen LogP contribution in [-0.4, -0.2) is 17.6 Å². The maximum atomic E-state index is 10.3. The van der Waals surface area contributed by atoms with Crippen molar-refractivity contribution in [2.75, 3.05) is 6.61 Å². The molecule has 0 aromatic heterocycles. The Kier molecular flexibility index (Phi) is 5.86. The summed E-state index contributed by atoms with van der Waals surface area (Å²) in [7, 11) is 0. The van der Waals surface area contributed by atoms with Gasteiger partial charge in [-0.25, -0.2) is 0 Å². The molecule has 6 nitrogen and oxygen atoms in total. The van der Waals surface area contributed by atoms with Gasteiger partial charge in [0.2, 0.25) is 6.04 Å². The highest BCUT2D eigenvalue weighted by atomic mass is 16.7. The molecule has 0 radical (unpaired) electrons. The molecule has 1 unspecified atom stereocenters. The molecule has 0 aromatic carbocycles. The van der Waals surface area contributed by atoms with Crippen molar-refractivity contribution >= 4 is 0 Å². The van der Waals surface area contributed by atoms with Crippen LogP contribution in [0.4, 0.5) is 0 Å². The maximum Gasteiger partial charge on any atom is 0.249 e. The second kappa shape index (κ2) is 6.51. The third-order valence-corrected chi connectivity index (χ3v) is 1.51. The Morgan fingerprint density at radius 3 is 2.75 bits per heavy atom. The van der Waals surface area contributed by atoms with E-state index in [4.69, 9.17) is 0 Å². The van der Waals surface area contributed by atoms with Gasteiger partial charge in [0.05, 0.1) is 0 Å². The zero-order valence-electron chi connectivity index (χ0n) is 6.93. The lowest BCUT2D eigenvalue weighted by Gasteiger charge is -2.05. The molecule has 12 heavy (non-hydrogen) atoms. The van der Waals surface area contributed by atoms with Gasteiger partial charge in [-0.1, -0.05) is 13.3 Å². The van der Waals surface area contributed by atoms with E-state index in [-0.39, 0.29) is 6.61 Å². The molecule has 0 saturated heterocycles. The number of nitro groups is 1. The minimum Gasteiger partial charge on any atom is -0.357 e. The monoisotopic (exact) mass is 176 g/mol. The van der Waals surface area contributed by atoms with Crippen molar-refractivity contribution in [2.45, 2.75) is 32.2 Å². The average Bonchev–Trinajstić information content (AvgIpc) is 2.04. The van der Waals surface area contributed by atoms with E-state index in [9.17, 15) is 15.0 Å². The molecule has 0 heterocycles. The predicted octanol–water partition coefficient (Wildman–Crippen LogP) is 1.52. The van der Waals surface area contributed by atoms with Gasteiger partial charge in [0.1, 0.15) is 0 Å². The topological polar surface area (TPSA) is 81.8 Å². The first-order valence-electron chi connectivity index (χ1n) is 3.80. The van der Waals surface area contributed by atoms with Gasteiger partial charge in [0.25, 0.3) is 0 Å². The lowest BCUT2D eigenvalue weighted by atomic mass is 10.1. The van der Waals surface area contributed by atoms with E-state index in [1.807, 2.05) is 6.92 Å². The largest absolute Gasteiger partial charge is 0.357 e. The predicted molar refractivity (Wildman–Crippen MR) is 42.1 cm³/mol. The summed E-state index contributed by atoms with van der Waals surface area (Å²) in [6.45, 7) is 1.71. The minimum absolute atomic E-state index is 0.226. The first-order chi connectivity index (χ1) is 5.72. The molecule has 0 spiro atoms. The van der Waals surface area contributed by atoms with Crippen LogP contribution in [0, 0.1) is 15.0 Å². The van der Waals surface area contributed by atoms with Gasteiger partial charge < -0.3 is 4.84 Å². The number of unbranched alkanes of at least 4 members (excludes halogenated alkanes) is 1. The first kappa shape index (κ1) is 10.8. The number of hydrogen-bond donors (Lipinski definition) is 0. The first-order valence-corrected chi connectivity index (χ1v) is 3.80. The van der Waals surface area contributed by atoms with Crippen molar-refractivity contribution in [3.05, 3.63) is 15.0 Å². The standard InChI is InChI=1S/C6H12N2O4/c1-2-3-4-6(8(10)11)5-12-7-9/h6H,2-5H2,1H3. The molecule has 0 aliphatic heterocycles. The van der Waals surface area contributed by atoms with E-state index >= 15 is 0 Å². The van der Waals surface area contributed by atoms with E-state index in [0.29, 0.717) is 6.42 Å². The molecular formula is C6H12N2O4. The molecule has 6 heteroatoms. The highest BCUT2D eigenvalue weighted by Crippen LogP contribution is 2.04. The Bertz CT molecular complexity index is 150. The number of rotatable bonds is 7. The van der Waals surface area contributed by atoms with Crippen molar-refractivity contribution in [2.24, 2.45) is 5.34 Å². The van der Waals surface area contributed by atoms with Gasteiger partial charge in [0, 0.05) is 11.3 Å². The van der Waals surface area contributed by atoms with Crippen molar-refractivity contribution in [3.8, 4) is 0 Å². The van der Waals surface area contributed by atoms with E-state index in [2.05, 4.69) is 10.2 Å². The smallest absolute Gasteiger partial charge is 0.249 e. The molecule has 0 bridgehead atoms. The lowest BCUT2D eigenvalue weighted by Crippen LogP contribution is -2.24. The van der Waals surface area contributed by atoms with Gasteiger partial charge >= 0.3 is 0 Å². The zero-order chi connectivity index (χ0) is 9.40. The van der Waals surface area contributed by atoms with Crippen molar-refractivity contribution in [1.82, 2.24) is 0 Å². The maximum absolute atomic E-state index is 10.3. The van der Waals surface area contributed by atoms with Crippen LogP contribution in [0.5, 0.6) is 0 Å². The fraction of sp³-hybridized carbons (Fsp3) is 1.00. The summed E-state index contributed by atoms with van der Waals surface area (Å²) in [5.41, 5.74) is 0. The van der Waals surface area contributed by atoms with Gasteiger partial charge in [-0.05, 0) is 6.42 Å². The van der Waals surface area contributed by atoms with E-state index in [1.54, 1.807) is 0 Å². The molecular weight excluding hydrogens is 164 g/mol. The molecule has 70 valence electrons. The third kappa shape index (κ3) is 4.59. The quantitative estimate of drug-likeness (QED) is 0.334. The molecule has 0 saturated carbocycles. The van der Waals surface area contributed by atoms with Crippen molar-refractivity contribution in [3.63, 3.8) is 0 Å². The van der Waals surface area contributed by atoms with Crippen LogP contribution in [-0.2, 0) is 4.84 Å². The summed E-state index contributed by atoms with van der Waals surface area (Å²) in [4.78, 5) is 23.4. The van der Waals surface area contributed by atoms with Crippen LogP contribution in [0.1, 0.15) is 26.2 Å². The Balaban J connectivity index is 3.69. The Morgan fingerprint density at radius 2 is 2.33 bits per heavy atom. The molecule has 1 atom stereocenters. The molecule has 0 aliphatic rings. The molecule has 0 N–H and O–H groups in total. The number of nitrogens with zero attached hydrogens (tertiary/aromatic N) is 2. The summed E-state index contributed by atoms with van der Waals surface area (Å²) in [5, 5.41) is 12.4. The molecule has 0 fully saturated rings. The lowest BCUT2D eigenvalue weighted by molar-refractivity contribution is -0.527. The summed E-state index contributed by atoms with van der Waals surface area (Å²) in [6.07, 6.45) is 2.08. The van der Waals surface area contributed by atoms with Crippen LogP contribution >= 0.6 is 0 Å². The average molecular weight is 176 g/mol. The summed E-state index contributed by atoms with van der Waals surface area (Å²) in [5.74, 6) is 0. The molecule has 0 rings (SSSR count). The van der Waals surface area contributed by atoms with Crippen LogP contribution < -0.4 is 0 Å². The number of hydrogen-bond acceptors (Lipinski definition) is 5. The normalized spacial score (nSPS) is 12.1. The second-order valence-corrected chi connectivity index (χ2v) is 2.45. The van der Waals surface area contributed by atoms with Gasteiger partial charge in [-0.2, -0.15) is 0 Å². The Labute approximate surface area is 70.0 Å². The Hall–Kier alpha value is -1.20. The van der Waals surface area contributed by atoms with Crippen molar-refractivity contribution < 1.29 is 9.76 Å². The second-order valence-electron chi connectivity index (χ2n) is 2.45. The fourth-order valence-corrected chi connectivity index (χ4v) is 0.806. The van der Waals surface area contributed by atoms with Crippen molar-refractivity contribution in [1.29, 1.82) is 0 Å². The van der Waals surface area contributed by atoms with Gasteiger partial charge in [-0.3, -0.25) is 10.1 Å². The van der Waals surface area contributed by atoms with Crippen LogP contribution in [0.15, 0.2) is 5.34 Å². The highest BCUT2D eigenvalue weighted by Gasteiger charge is 2.20. The van der Waals surface area contributed by atoms with E-state index in [1.165, 1.54) is 0 Å². The van der Waals surface area contributed by atoms with E-state index < -0.39 is 11.0 Å². The third-order valence-electron chi connectivity index (χ3n) is 1.51. The molecule has 0 aromatic rings. The van der Waals surface area contributed by atoms with Crippen LogP contribution in [0.3, 0.4) is 0 Å². The summed E-state index contributed by atoms with van der Waals surface area (Å²) in [6, 6.07) is -0.803. The van der Waals surface area contributed by atoms with Crippen LogP contribution in [0.2, 0.25) is 0 Å². The molecule has 0 amide bonds. The summed E-state index contributed by atoms with van der Waals surface area (Å²) < 4.78 is 0. The minimum atomic E-state index is -0.803. The van der Waals surface area contributed by atoms with Gasteiger partial charge in [-0.15, -0.1) is 4.91 Å². The van der Waals surface area contributed by atoms with Gasteiger partial charge in [0.15, 0.2) is 11.9 Å². The summed E-state index contributed by atoms with van der Waals surface area (Å²) >= 11 is 0. The molecule has 0 aliphatic carbocycles. The fourth-order valence-electron chi connectivity index (χ4n) is 0.806. The Morgan fingerprint density at radius 1 is 1.67 bits per heavy atom. The zero-order valence-corrected chi connectivity index (χ0v) is 6.93. The van der Waals surface area contributed by atoms with Crippen LogP contribution in [0.25, 0.3) is 0 Å². The SMILES string of the molecule is CCCCC(CON=O)[N+](=O)[O-]. The highest BCUT2D eigenvalue weighted by molar-refractivity contribution is 4.54. The van der Waals surface area contributed by atoms with E-state index in [0.717, 1.165) is 12.8 Å².